The van der Waals surface area contributed by atoms with Crippen LogP contribution in [0.15, 0.2) is 18.2 Å². The van der Waals surface area contributed by atoms with Crippen LogP contribution in [0, 0.1) is 5.82 Å². The Morgan fingerprint density at radius 2 is 1.79 bits per heavy atom. The summed E-state index contributed by atoms with van der Waals surface area (Å²) in [4.78, 5) is 0. The molecule has 3 N–H and O–H groups in total. The lowest BCUT2D eigenvalue weighted by atomic mass is 9.93. The molecule has 0 radical (unpaired) electrons. The first-order valence-corrected chi connectivity index (χ1v) is 7.62. The minimum Gasteiger partial charge on any atom is -0.504 e. The quantitative estimate of drug-likeness (QED) is 0.902. The summed E-state index contributed by atoms with van der Waals surface area (Å²) in [5, 5.41) is 10.4. The normalized spacial score (nSPS) is 16.0. The number of halogens is 1. The number of aromatic hydroxyl groups is 1. The van der Waals surface area contributed by atoms with Gasteiger partial charge in [-0.1, -0.05) is 6.07 Å². The summed E-state index contributed by atoms with van der Waals surface area (Å²) in [6, 6.07) is 4.34. The number of aryl methyl sites for hydroxylation is 1. The summed E-state index contributed by atoms with van der Waals surface area (Å²) in [7, 11) is 4.54. The number of methoxy groups -OCH3 is 3. The smallest absolute Gasteiger partial charge is 0.203 e. The number of rotatable bonds is 3. The van der Waals surface area contributed by atoms with E-state index in [4.69, 9.17) is 19.9 Å². The molecule has 0 bridgehead atoms. The highest BCUT2D eigenvalue weighted by molar-refractivity contribution is 5.86. The number of ether oxygens (including phenoxy) is 3. The molecule has 0 fully saturated rings. The van der Waals surface area contributed by atoms with E-state index in [2.05, 4.69) is 0 Å². The summed E-state index contributed by atoms with van der Waals surface area (Å²) in [5.41, 5.74) is 8.73. The number of phenols is 1. The molecule has 0 spiro atoms. The fourth-order valence-corrected chi connectivity index (χ4v) is 3.30. The van der Waals surface area contributed by atoms with Crippen molar-refractivity contribution >= 4 is 0 Å². The summed E-state index contributed by atoms with van der Waals surface area (Å²) in [5.74, 6) is 0.162. The van der Waals surface area contributed by atoms with Crippen molar-refractivity contribution in [3.63, 3.8) is 0 Å². The number of phenolic OH excluding ortho intramolecular Hbond substituents is 1. The van der Waals surface area contributed by atoms with Gasteiger partial charge in [-0.15, -0.1) is 0 Å². The Morgan fingerprint density at radius 1 is 1.08 bits per heavy atom. The van der Waals surface area contributed by atoms with Crippen LogP contribution in [0.4, 0.5) is 4.39 Å². The molecule has 24 heavy (non-hydrogen) atoms. The molecule has 6 heteroatoms. The molecule has 2 aromatic rings. The third-order valence-electron chi connectivity index (χ3n) is 4.45. The van der Waals surface area contributed by atoms with Gasteiger partial charge in [-0.2, -0.15) is 0 Å². The highest BCUT2D eigenvalue weighted by Crippen LogP contribution is 2.52. The summed E-state index contributed by atoms with van der Waals surface area (Å²) in [6.45, 7) is 0. The summed E-state index contributed by atoms with van der Waals surface area (Å²) < 4.78 is 30.4. The Morgan fingerprint density at radius 3 is 2.42 bits per heavy atom. The molecule has 0 saturated heterocycles. The van der Waals surface area contributed by atoms with Crippen molar-refractivity contribution in [2.75, 3.05) is 21.3 Å². The van der Waals surface area contributed by atoms with Gasteiger partial charge in [0.2, 0.25) is 5.75 Å². The first kappa shape index (κ1) is 16.4. The zero-order valence-corrected chi connectivity index (χ0v) is 13.9. The van der Waals surface area contributed by atoms with Gasteiger partial charge in [-0.25, -0.2) is 4.39 Å². The number of benzene rings is 2. The van der Waals surface area contributed by atoms with E-state index in [1.165, 1.54) is 27.4 Å². The first-order valence-electron chi connectivity index (χ1n) is 7.62. The van der Waals surface area contributed by atoms with Crippen molar-refractivity contribution < 1.29 is 23.7 Å². The highest BCUT2D eigenvalue weighted by Gasteiger charge is 2.30. The van der Waals surface area contributed by atoms with Crippen molar-refractivity contribution in [3.05, 3.63) is 35.1 Å². The molecular formula is C18H20FNO4. The Kier molecular flexibility index (Phi) is 4.24. The molecule has 0 heterocycles. The highest BCUT2D eigenvalue weighted by atomic mass is 19.1. The van der Waals surface area contributed by atoms with Crippen molar-refractivity contribution in [1.82, 2.24) is 0 Å². The predicted octanol–water partition coefficient (Wildman–Crippen LogP) is 3.17. The average Bonchev–Trinajstić information content (AvgIpc) is 2.73. The zero-order chi connectivity index (χ0) is 17.4. The van der Waals surface area contributed by atoms with Crippen molar-refractivity contribution in [3.8, 4) is 34.1 Å². The van der Waals surface area contributed by atoms with Crippen molar-refractivity contribution in [2.24, 2.45) is 5.73 Å². The molecule has 3 rings (SSSR count). The van der Waals surface area contributed by atoms with Gasteiger partial charge in [0.15, 0.2) is 23.1 Å². The van der Waals surface area contributed by atoms with E-state index >= 15 is 0 Å². The van der Waals surface area contributed by atoms with Crippen molar-refractivity contribution in [2.45, 2.75) is 18.9 Å². The van der Waals surface area contributed by atoms with Crippen LogP contribution in [-0.2, 0) is 6.42 Å². The lowest BCUT2D eigenvalue weighted by Crippen LogP contribution is -2.10. The lowest BCUT2D eigenvalue weighted by molar-refractivity contribution is 0.324. The molecule has 5 nitrogen and oxygen atoms in total. The van der Waals surface area contributed by atoms with Gasteiger partial charge in [0.05, 0.1) is 21.3 Å². The van der Waals surface area contributed by atoms with Gasteiger partial charge in [0.1, 0.15) is 0 Å². The van der Waals surface area contributed by atoms with E-state index in [0.717, 1.165) is 5.56 Å². The van der Waals surface area contributed by atoms with Gasteiger partial charge >= 0.3 is 0 Å². The van der Waals surface area contributed by atoms with E-state index in [0.29, 0.717) is 46.8 Å². The largest absolute Gasteiger partial charge is 0.504 e. The Labute approximate surface area is 139 Å². The second-order valence-electron chi connectivity index (χ2n) is 5.68. The van der Waals surface area contributed by atoms with Crippen LogP contribution < -0.4 is 19.9 Å². The Bertz CT molecular complexity index is 791. The fourth-order valence-electron chi connectivity index (χ4n) is 3.30. The van der Waals surface area contributed by atoms with Crippen LogP contribution in [-0.4, -0.2) is 26.4 Å². The monoisotopic (exact) mass is 333 g/mol. The summed E-state index contributed by atoms with van der Waals surface area (Å²) >= 11 is 0. The predicted molar refractivity (Wildman–Crippen MR) is 88.4 cm³/mol. The molecule has 128 valence electrons. The molecule has 0 aliphatic heterocycles. The van der Waals surface area contributed by atoms with E-state index in [-0.39, 0.29) is 6.04 Å². The molecule has 1 atom stereocenters. The minimum absolute atomic E-state index is 0.319. The average molecular weight is 333 g/mol. The maximum absolute atomic E-state index is 14.0. The minimum atomic E-state index is -0.703. The van der Waals surface area contributed by atoms with Crippen LogP contribution in [0.3, 0.4) is 0 Å². The van der Waals surface area contributed by atoms with E-state index in [1.54, 1.807) is 6.07 Å². The van der Waals surface area contributed by atoms with E-state index in [1.807, 2.05) is 6.07 Å². The van der Waals surface area contributed by atoms with Crippen molar-refractivity contribution in [1.29, 1.82) is 0 Å². The molecule has 0 aromatic heterocycles. The van der Waals surface area contributed by atoms with Crippen LogP contribution in [0.5, 0.6) is 23.0 Å². The fraction of sp³-hybridized carbons (Fsp3) is 0.333. The van der Waals surface area contributed by atoms with Crippen LogP contribution in [0.25, 0.3) is 11.1 Å². The van der Waals surface area contributed by atoms with E-state index < -0.39 is 11.6 Å². The number of fused-ring (bicyclic) bond motifs is 3. The van der Waals surface area contributed by atoms with Crippen LogP contribution in [0.1, 0.15) is 23.6 Å². The SMILES string of the molecule is COc1cc2c(c(OC)c1OC)-c1c(ccc(F)c1O)C(N)CC2. The van der Waals surface area contributed by atoms with Gasteiger partial charge in [0.25, 0.3) is 0 Å². The lowest BCUT2D eigenvalue weighted by Gasteiger charge is -2.20. The Balaban J connectivity index is 2.44. The van der Waals surface area contributed by atoms with Gasteiger partial charge in [-0.05, 0) is 36.1 Å². The number of hydrogen-bond acceptors (Lipinski definition) is 5. The number of hydrogen-bond donors (Lipinski definition) is 2. The Hall–Kier alpha value is -2.47. The van der Waals surface area contributed by atoms with Crippen LogP contribution in [0.2, 0.25) is 0 Å². The third kappa shape index (κ3) is 2.34. The first-order chi connectivity index (χ1) is 11.5. The van der Waals surface area contributed by atoms with Gasteiger partial charge in [0, 0.05) is 17.2 Å². The third-order valence-corrected chi connectivity index (χ3v) is 4.45. The molecular weight excluding hydrogens is 313 g/mol. The number of nitrogens with two attached hydrogens (primary N) is 1. The topological polar surface area (TPSA) is 73.9 Å². The maximum atomic E-state index is 14.0. The van der Waals surface area contributed by atoms with E-state index in [9.17, 15) is 9.50 Å². The van der Waals surface area contributed by atoms with Gasteiger partial charge in [-0.3, -0.25) is 0 Å². The second-order valence-corrected chi connectivity index (χ2v) is 5.68. The molecule has 1 aliphatic carbocycles. The summed E-state index contributed by atoms with van der Waals surface area (Å²) in [6.07, 6.45) is 1.30. The van der Waals surface area contributed by atoms with Crippen LogP contribution >= 0.6 is 0 Å². The second kappa shape index (κ2) is 6.20. The molecule has 0 amide bonds. The zero-order valence-electron chi connectivity index (χ0n) is 13.9. The maximum Gasteiger partial charge on any atom is 0.203 e. The van der Waals surface area contributed by atoms with Gasteiger partial charge < -0.3 is 25.1 Å². The standard InChI is InChI=1S/C18H20FNO4/c1-22-13-8-9-4-7-12(20)10-5-6-11(19)16(21)15(10)14(9)18(24-3)17(13)23-2/h5-6,8,12,21H,4,7,20H2,1-3H3. The molecule has 1 aliphatic rings. The molecule has 2 aromatic carbocycles. The molecule has 1 unspecified atom stereocenters. The molecule has 0 saturated carbocycles.